The van der Waals surface area contributed by atoms with Crippen LogP contribution in [0.1, 0.15) is 31.2 Å². The molecule has 2 heterocycles. The molecule has 1 fully saturated rings. The Morgan fingerprint density at radius 1 is 0.950 bits per heavy atom. The zero-order valence-electron chi connectivity index (χ0n) is 21.9. The number of benzene rings is 3. The van der Waals surface area contributed by atoms with Crippen LogP contribution in [0.5, 0.6) is 0 Å². The Morgan fingerprint density at radius 2 is 1.73 bits per heavy atom. The molecule has 0 saturated heterocycles. The summed E-state index contributed by atoms with van der Waals surface area (Å²) >= 11 is 0. The smallest absolute Gasteiger partial charge is 0.381 e. The maximum absolute atomic E-state index is 13.3. The van der Waals surface area contributed by atoms with Gasteiger partial charge in [0.15, 0.2) is 0 Å². The van der Waals surface area contributed by atoms with Crippen molar-refractivity contribution in [3.63, 3.8) is 0 Å². The van der Waals surface area contributed by atoms with Crippen LogP contribution in [0.25, 0.3) is 28.1 Å². The number of alkyl halides is 3. The van der Waals surface area contributed by atoms with Crippen LogP contribution in [-0.2, 0) is 10.9 Å². The van der Waals surface area contributed by atoms with Crippen molar-refractivity contribution < 1.29 is 17.9 Å². The minimum absolute atomic E-state index is 0.131. The van der Waals surface area contributed by atoms with Gasteiger partial charge in [-0.2, -0.15) is 13.2 Å². The molecule has 1 N–H and O–H groups in total. The molecule has 3 aromatic rings. The molecular formula is C31H28F3N5O. The average molecular weight is 544 g/mol. The summed E-state index contributed by atoms with van der Waals surface area (Å²) in [6.45, 7) is 0. The second kappa shape index (κ2) is 10.7. The number of pyridine rings is 1. The quantitative estimate of drug-likeness (QED) is 0.239. The Labute approximate surface area is 229 Å². The zero-order chi connectivity index (χ0) is 27.7. The summed E-state index contributed by atoms with van der Waals surface area (Å²) in [6, 6.07) is 20.7. The first-order valence-corrected chi connectivity index (χ1v) is 13.3. The highest BCUT2D eigenvalue weighted by atomic mass is 19.4. The maximum Gasteiger partial charge on any atom is 0.416 e. The van der Waals surface area contributed by atoms with Crippen molar-refractivity contribution >= 4 is 22.4 Å². The topological polar surface area (TPSA) is 64.3 Å². The van der Waals surface area contributed by atoms with Crippen molar-refractivity contribution in [3.8, 4) is 17.1 Å². The number of rotatable bonds is 5. The van der Waals surface area contributed by atoms with Crippen molar-refractivity contribution in [2.24, 2.45) is 4.99 Å². The van der Waals surface area contributed by atoms with Gasteiger partial charge in [-0.3, -0.25) is 9.98 Å². The first kappa shape index (κ1) is 26.0. The molecule has 204 valence electrons. The molecule has 0 bridgehead atoms. The molecule has 6 nitrogen and oxygen atoms in total. The van der Waals surface area contributed by atoms with Crippen molar-refractivity contribution in [3.05, 3.63) is 96.1 Å². The fraction of sp³-hybridized carbons (Fsp3) is 0.258. The number of nitrogens with one attached hydrogen (secondary N) is 1. The Bertz CT molecular complexity index is 1660. The Morgan fingerprint density at radius 3 is 2.42 bits per heavy atom. The second-order valence-corrected chi connectivity index (χ2v) is 10.0. The van der Waals surface area contributed by atoms with E-state index in [9.17, 15) is 13.2 Å². The highest BCUT2D eigenvalue weighted by Crippen LogP contribution is 2.33. The molecule has 0 amide bonds. The number of ether oxygens (including phenoxy) is 1. The van der Waals surface area contributed by atoms with E-state index in [-0.39, 0.29) is 12.1 Å². The van der Waals surface area contributed by atoms with Crippen LogP contribution in [0, 0.1) is 0 Å². The highest BCUT2D eigenvalue weighted by Gasteiger charge is 2.30. The summed E-state index contributed by atoms with van der Waals surface area (Å²) in [4.78, 5) is 14.3. The van der Waals surface area contributed by atoms with Gasteiger partial charge in [0.05, 0.1) is 63.1 Å². The third kappa shape index (κ3) is 5.29. The minimum Gasteiger partial charge on any atom is -0.381 e. The van der Waals surface area contributed by atoms with Crippen molar-refractivity contribution in [1.29, 1.82) is 0 Å². The summed E-state index contributed by atoms with van der Waals surface area (Å²) in [5, 5.41) is 4.21. The van der Waals surface area contributed by atoms with Crippen LogP contribution in [0.3, 0.4) is 0 Å². The SMILES string of the molecule is COC1CCC(/N=c2\cc3n(-c4ccc(C(F)(F)F)cc4)c4ccccc4nc-3cc2Nc2cccnc2)CC1. The molecule has 2 aliphatic carbocycles. The van der Waals surface area contributed by atoms with E-state index in [4.69, 9.17) is 14.7 Å². The highest BCUT2D eigenvalue weighted by molar-refractivity contribution is 5.84. The second-order valence-electron chi connectivity index (χ2n) is 10.0. The van der Waals surface area contributed by atoms with Crippen LogP contribution in [0.4, 0.5) is 24.5 Å². The van der Waals surface area contributed by atoms with Crippen LogP contribution < -0.4 is 10.7 Å². The number of anilines is 2. The van der Waals surface area contributed by atoms with Gasteiger partial charge in [0.1, 0.15) is 0 Å². The number of methoxy groups -OCH3 is 1. The summed E-state index contributed by atoms with van der Waals surface area (Å²) < 4.78 is 47.5. The number of para-hydroxylation sites is 2. The van der Waals surface area contributed by atoms with Gasteiger partial charge >= 0.3 is 6.18 Å². The van der Waals surface area contributed by atoms with E-state index < -0.39 is 11.7 Å². The van der Waals surface area contributed by atoms with Gasteiger partial charge in [-0.1, -0.05) is 12.1 Å². The molecule has 0 spiro atoms. The molecule has 2 aromatic carbocycles. The minimum atomic E-state index is -4.41. The third-order valence-corrected chi connectivity index (χ3v) is 7.39. The Hall–Kier alpha value is -4.24. The molecule has 6 rings (SSSR count). The van der Waals surface area contributed by atoms with Crippen LogP contribution in [0.2, 0.25) is 0 Å². The van der Waals surface area contributed by atoms with Gasteiger partial charge in [0.25, 0.3) is 0 Å². The lowest BCUT2D eigenvalue weighted by Gasteiger charge is -2.25. The van der Waals surface area contributed by atoms with Gasteiger partial charge in [-0.05, 0) is 86.3 Å². The number of nitrogens with zero attached hydrogens (tertiary/aromatic N) is 4. The summed E-state index contributed by atoms with van der Waals surface area (Å²) in [5.41, 5.74) is 4.47. The summed E-state index contributed by atoms with van der Waals surface area (Å²) in [5.74, 6) is 0. The first-order valence-electron chi connectivity index (χ1n) is 13.3. The molecule has 40 heavy (non-hydrogen) atoms. The monoisotopic (exact) mass is 543 g/mol. The number of hydrogen-bond donors (Lipinski definition) is 1. The van der Waals surface area contributed by atoms with Crippen molar-refractivity contribution in [2.45, 2.75) is 44.0 Å². The van der Waals surface area contributed by atoms with Crippen LogP contribution in [-0.4, -0.2) is 33.8 Å². The lowest BCUT2D eigenvalue weighted by Crippen LogP contribution is -2.25. The lowest BCUT2D eigenvalue weighted by atomic mass is 9.93. The number of fused-ring (bicyclic) bond motifs is 2. The van der Waals surface area contributed by atoms with Gasteiger partial charge in [0.2, 0.25) is 0 Å². The fourth-order valence-corrected chi connectivity index (χ4v) is 5.33. The molecule has 9 heteroatoms. The molecule has 1 aromatic heterocycles. The van der Waals surface area contributed by atoms with E-state index in [2.05, 4.69) is 10.3 Å². The number of aromatic nitrogens is 3. The first-order chi connectivity index (χ1) is 19.4. The molecule has 1 saturated carbocycles. The Balaban J connectivity index is 1.56. The average Bonchev–Trinajstić information content (AvgIpc) is 2.97. The van der Waals surface area contributed by atoms with E-state index in [0.29, 0.717) is 11.4 Å². The van der Waals surface area contributed by atoms with Gasteiger partial charge in [0, 0.05) is 19.0 Å². The van der Waals surface area contributed by atoms with E-state index in [1.807, 2.05) is 53.1 Å². The number of halogens is 3. The molecule has 3 aliphatic rings. The van der Waals surface area contributed by atoms with E-state index >= 15 is 0 Å². The van der Waals surface area contributed by atoms with E-state index in [1.54, 1.807) is 19.5 Å². The van der Waals surface area contributed by atoms with Gasteiger partial charge in [-0.15, -0.1) is 0 Å². The lowest BCUT2D eigenvalue weighted by molar-refractivity contribution is -0.137. The third-order valence-electron chi connectivity index (χ3n) is 7.39. The molecular weight excluding hydrogens is 515 g/mol. The molecule has 0 radical (unpaired) electrons. The predicted octanol–water partition coefficient (Wildman–Crippen LogP) is 7.15. The molecule has 1 aliphatic heterocycles. The predicted molar refractivity (Wildman–Crippen MR) is 149 cm³/mol. The van der Waals surface area contributed by atoms with Gasteiger partial charge < -0.3 is 14.6 Å². The van der Waals surface area contributed by atoms with E-state index in [0.717, 1.165) is 71.3 Å². The molecule has 0 unspecified atom stereocenters. The van der Waals surface area contributed by atoms with Crippen molar-refractivity contribution in [2.75, 3.05) is 12.4 Å². The van der Waals surface area contributed by atoms with Gasteiger partial charge in [-0.25, -0.2) is 4.98 Å². The van der Waals surface area contributed by atoms with E-state index in [1.165, 1.54) is 12.1 Å². The van der Waals surface area contributed by atoms with Crippen molar-refractivity contribution in [1.82, 2.24) is 14.5 Å². The number of hydrogen-bond acceptors (Lipinski definition) is 5. The standard InChI is InChI=1S/C31H28F3N5O/c1-40-24-14-10-21(11-15-24)36-27-18-30-28(17-26(27)37-22-5-4-16-35-19-22)38-25-6-2-3-7-29(25)39(30)23-12-8-20(9-13-23)31(32,33)34/h2-9,12-13,16-19,21,24,37H,10-11,14-15H2,1H3/b36-27+. The largest absolute Gasteiger partial charge is 0.416 e. The maximum atomic E-state index is 13.3. The van der Waals surface area contributed by atoms with Crippen LogP contribution >= 0.6 is 0 Å². The summed E-state index contributed by atoms with van der Waals surface area (Å²) in [7, 11) is 1.75. The molecule has 0 atom stereocenters. The zero-order valence-corrected chi connectivity index (χ0v) is 21.9. The Kier molecular flexibility index (Phi) is 6.98. The summed E-state index contributed by atoms with van der Waals surface area (Å²) in [6.07, 6.45) is 3.03. The normalized spacial score (nSPS) is 18.4. The fourth-order valence-electron chi connectivity index (χ4n) is 5.33. The van der Waals surface area contributed by atoms with Crippen LogP contribution in [0.15, 0.2) is 90.2 Å².